The zero-order valence-electron chi connectivity index (χ0n) is 11.6. The van der Waals surface area contributed by atoms with Crippen molar-refractivity contribution in [1.82, 2.24) is 5.32 Å². The number of rotatable bonds is 5. The second kappa shape index (κ2) is 6.63. The van der Waals surface area contributed by atoms with Crippen molar-refractivity contribution in [2.45, 2.75) is 32.8 Å². The van der Waals surface area contributed by atoms with E-state index in [1.54, 1.807) is 6.92 Å². The normalized spacial score (nSPS) is 14.2. The smallest absolute Gasteiger partial charge is 0.257 e. The molecule has 1 unspecified atom stereocenters. The summed E-state index contributed by atoms with van der Waals surface area (Å²) in [5.74, 6) is -2.53. The quantitative estimate of drug-likeness (QED) is 0.857. The van der Waals surface area contributed by atoms with Crippen LogP contribution in [0.3, 0.4) is 0 Å². The third-order valence-corrected chi connectivity index (χ3v) is 3.17. The van der Waals surface area contributed by atoms with Gasteiger partial charge in [0.2, 0.25) is 0 Å². The predicted octanol–water partition coefficient (Wildman–Crippen LogP) is 3.25. The van der Waals surface area contributed by atoms with E-state index in [1.807, 2.05) is 13.8 Å². The molecule has 0 radical (unpaired) electrons. The Hall–Kier alpha value is -1.01. The lowest BCUT2D eigenvalue weighted by atomic mass is 9.94. The summed E-state index contributed by atoms with van der Waals surface area (Å²) in [6, 6.07) is 2.04. The summed E-state index contributed by atoms with van der Waals surface area (Å²) >= 11 is 2.94. The van der Waals surface area contributed by atoms with Gasteiger partial charge in [-0.05, 0) is 31.4 Å². The molecule has 20 heavy (non-hydrogen) atoms. The molecule has 0 aliphatic carbocycles. The van der Waals surface area contributed by atoms with Crippen molar-refractivity contribution in [1.29, 1.82) is 0 Å². The maximum absolute atomic E-state index is 13.6. The highest BCUT2D eigenvalue weighted by molar-refractivity contribution is 9.10. The lowest BCUT2D eigenvalue weighted by Gasteiger charge is -2.25. The van der Waals surface area contributed by atoms with E-state index in [1.165, 1.54) is 0 Å². The van der Waals surface area contributed by atoms with Crippen molar-refractivity contribution in [3.8, 4) is 0 Å². The van der Waals surface area contributed by atoms with Crippen molar-refractivity contribution in [2.75, 3.05) is 6.54 Å². The highest BCUT2D eigenvalue weighted by Gasteiger charge is 2.25. The number of aliphatic hydroxyl groups is 1. The Morgan fingerprint density at radius 3 is 2.35 bits per heavy atom. The first-order valence-electron chi connectivity index (χ1n) is 6.27. The van der Waals surface area contributed by atoms with Gasteiger partial charge in [-0.15, -0.1) is 0 Å². The summed E-state index contributed by atoms with van der Waals surface area (Å²) in [4.78, 5) is 11.8. The summed E-state index contributed by atoms with van der Waals surface area (Å²) < 4.78 is 27.4. The molecule has 0 bridgehead atoms. The van der Waals surface area contributed by atoms with Crippen LogP contribution in [0, 0.1) is 17.6 Å². The summed E-state index contributed by atoms with van der Waals surface area (Å²) in [7, 11) is 0. The summed E-state index contributed by atoms with van der Waals surface area (Å²) in [5.41, 5.74) is -1.76. The van der Waals surface area contributed by atoms with E-state index >= 15 is 0 Å². The maximum atomic E-state index is 13.6. The first-order valence-corrected chi connectivity index (χ1v) is 7.07. The fraction of sp³-hybridized carbons (Fsp3) is 0.500. The maximum Gasteiger partial charge on any atom is 0.257 e. The van der Waals surface area contributed by atoms with Crippen LogP contribution in [-0.4, -0.2) is 23.2 Å². The minimum absolute atomic E-state index is 0.0705. The summed E-state index contributed by atoms with van der Waals surface area (Å²) in [6.45, 7) is 5.37. The average molecular weight is 350 g/mol. The molecule has 1 aromatic rings. The molecule has 0 spiro atoms. The van der Waals surface area contributed by atoms with Gasteiger partial charge in [-0.25, -0.2) is 8.78 Å². The fourth-order valence-corrected chi connectivity index (χ4v) is 2.47. The number of carbonyl (C=O) groups excluding carboxylic acids is 1. The summed E-state index contributed by atoms with van der Waals surface area (Å²) in [6.07, 6.45) is 0.471. The first kappa shape index (κ1) is 17.0. The van der Waals surface area contributed by atoms with Crippen LogP contribution in [0.4, 0.5) is 8.78 Å². The largest absolute Gasteiger partial charge is 0.388 e. The van der Waals surface area contributed by atoms with Gasteiger partial charge in [0.05, 0.1) is 5.60 Å². The van der Waals surface area contributed by atoms with Crippen LogP contribution in [0.25, 0.3) is 0 Å². The molecule has 0 heterocycles. The molecule has 112 valence electrons. The number of hydrogen-bond acceptors (Lipinski definition) is 2. The van der Waals surface area contributed by atoms with Gasteiger partial charge in [-0.1, -0.05) is 29.8 Å². The Morgan fingerprint density at radius 1 is 1.40 bits per heavy atom. The van der Waals surface area contributed by atoms with Gasteiger partial charge in [0.1, 0.15) is 17.2 Å². The van der Waals surface area contributed by atoms with Crippen LogP contribution in [0.2, 0.25) is 0 Å². The van der Waals surface area contributed by atoms with Crippen molar-refractivity contribution < 1.29 is 18.7 Å². The Bertz CT molecular complexity index is 481. The van der Waals surface area contributed by atoms with Crippen LogP contribution < -0.4 is 5.32 Å². The molecule has 0 aliphatic heterocycles. The number of halogens is 3. The Labute approximate surface area is 125 Å². The molecule has 0 saturated carbocycles. The van der Waals surface area contributed by atoms with E-state index in [9.17, 15) is 18.7 Å². The molecule has 0 aliphatic rings. The van der Waals surface area contributed by atoms with Gasteiger partial charge in [0, 0.05) is 11.0 Å². The van der Waals surface area contributed by atoms with Crippen molar-refractivity contribution in [3.63, 3.8) is 0 Å². The molecule has 0 fully saturated rings. The number of amides is 1. The molecular formula is C14H18BrF2NO2. The Kier molecular flexibility index (Phi) is 5.65. The first-order chi connectivity index (χ1) is 9.12. The highest BCUT2D eigenvalue weighted by atomic mass is 79.9. The van der Waals surface area contributed by atoms with E-state index in [-0.39, 0.29) is 16.9 Å². The zero-order valence-corrected chi connectivity index (χ0v) is 13.2. The SMILES string of the molecule is CC(C)CC(C)(O)CNC(=O)c1c(F)cc(Br)cc1F. The topological polar surface area (TPSA) is 49.3 Å². The third-order valence-electron chi connectivity index (χ3n) is 2.71. The molecule has 1 rings (SSSR count). The van der Waals surface area contributed by atoms with Gasteiger partial charge in [-0.2, -0.15) is 0 Å². The average Bonchev–Trinajstić information content (AvgIpc) is 2.23. The molecule has 0 saturated heterocycles. The van der Waals surface area contributed by atoms with Crippen molar-refractivity contribution >= 4 is 21.8 Å². The Morgan fingerprint density at radius 2 is 1.90 bits per heavy atom. The van der Waals surface area contributed by atoms with E-state index in [4.69, 9.17) is 0 Å². The molecule has 0 aromatic heterocycles. The van der Waals surface area contributed by atoms with Gasteiger partial charge < -0.3 is 10.4 Å². The molecular weight excluding hydrogens is 332 g/mol. The minimum atomic E-state index is -1.12. The van der Waals surface area contributed by atoms with Gasteiger partial charge >= 0.3 is 0 Å². The second-order valence-corrected chi connectivity index (χ2v) is 6.44. The molecule has 2 N–H and O–H groups in total. The van der Waals surface area contributed by atoms with Gasteiger partial charge in [0.15, 0.2) is 0 Å². The number of carbonyl (C=O) groups is 1. The monoisotopic (exact) mass is 349 g/mol. The van der Waals surface area contributed by atoms with E-state index in [0.717, 1.165) is 12.1 Å². The zero-order chi connectivity index (χ0) is 15.5. The van der Waals surface area contributed by atoms with E-state index in [0.29, 0.717) is 6.42 Å². The molecule has 3 nitrogen and oxygen atoms in total. The highest BCUT2D eigenvalue weighted by Crippen LogP contribution is 2.20. The minimum Gasteiger partial charge on any atom is -0.388 e. The number of benzene rings is 1. The summed E-state index contributed by atoms with van der Waals surface area (Å²) in [5, 5.41) is 12.4. The predicted molar refractivity (Wildman–Crippen MR) is 76.5 cm³/mol. The molecule has 1 aromatic carbocycles. The number of hydrogen-bond donors (Lipinski definition) is 2. The molecule has 1 amide bonds. The second-order valence-electron chi connectivity index (χ2n) is 5.52. The molecule has 1 atom stereocenters. The lowest BCUT2D eigenvalue weighted by Crippen LogP contribution is -2.42. The Balaban J connectivity index is 2.78. The van der Waals surface area contributed by atoms with E-state index in [2.05, 4.69) is 21.2 Å². The van der Waals surface area contributed by atoms with Crippen LogP contribution in [0.15, 0.2) is 16.6 Å². The standard InChI is InChI=1S/C14H18BrF2NO2/c1-8(2)6-14(3,20)7-18-13(19)12-10(16)4-9(15)5-11(12)17/h4-5,8,20H,6-7H2,1-3H3,(H,18,19). The van der Waals surface area contributed by atoms with E-state index < -0.39 is 28.7 Å². The van der Waals surface area contributed by atoms with Crippen molar-refractivity contribution in [3.05, 3.63) is 33.8 Å². The van der Waals surface area contributed by atoms with Gasteiger partial charge in [0.25, 0.3) is 5.91 Å². The third kappa shape index (κ3) is 4.83. The fourth-order valence-electron chi connectivity index (χ4n) is 2.07. The number of nitrogens with one attached hydrogen (secondary N) is 1. The molecule has 6 heteroatoms. The van der Waals surface area contributed by atoms with Crippen LogP contribution in [0.1, 0.15) is 37.6 Å². The van der Waals surface area contributed by atoms with Gasteiger partial charge in [-0.3, -0.25) is 4.79 Å². The lowest BCUT2D eigenvalue weighted by molar-refractivity contribution is 0.0367. The van der Waals surface area contributed by atoms with Crippen LogP contribution >= 0.6 is 15.9 Å². The van der Waals surface area contributed by atoms with Crippen molar-refractivity contribution in [2.24, 2.45) is 5.92 Å². The van der Waals surface area contributed by atoms with Crippen LogP contribution in [-0.2, 0) is 0 Å². The van der Waals surface area contributed by atoms with Crippen LogP contribution in [0.5, 0.6) is 0 Å².